The van der Waals surface area contributed by atoms with Crippen molar-refractivity contribution < 1.29 is 13.9 Å². The Morgan fingerprint density at radius 1 is 1.30 bits per heavy atom. The first kappa shape index (κ1) is 16.9. The van der Waals surface area contributed by atoms with Crippen LogP contribution >= 0.6 is 0 Å². The third kappa shape index (κ3) is 3.84. The third-order valence-corrected chi connectivity index (χ3v) is 3.78. The lowest BCUT2D eigenvalue weighted by Gasteiger charge is -2.27. The number of rotatable bonds is 6. The molecule has 5 nitrogen and oxygen atoms in total. The van der Waals surface area contributed by atoms with Crippen LogP contribution in [0.5, 0.6) is 0 Å². The van der Waals surface area contributed by atoms with Gasteiger partial charge in [0.05, 0.1) is 0 Å². The number of amides is 1. The molecule has 1 heterocycles. The third-order valence-electron chi connectivity index (χ3n) is 3.78. The molecule has 0 fully saturated rings. The van der Waals surface area contributed by atoms with Crippen molar-refractivity contribution in [3.63, 3.8) is 0 Å². The van der Waals surface area contributed by atoms with Gasteiger partial charge in [0.25, 0.3) is 5.91 Å². The summed E-state index contributed by atoms with van der Waals surface area (Å²) < 4.78 is 19.2. The highest BCUT2D eigenvalue weighted by Crippen LogP contribution is 2.27. The van der Waals surface area contributed by atoms with Crippen molar-refractivity contribution in [1.29, 1.82) is 0 Å². The summed E-state index contributed by atoms with van der Waals surface area (Å²) in [6, 6.07) is 9.15. The molecule has 0 unspecified atom stereocenters. The first-order valence-corrected chi connectivity index (χ1v) is 7.23. The average molecular weight is 318 g/mol. The molecule has 2 rings (SSSR count). The van der Waals surface area contributed by atoms with Crippen LogP contribution in [0.2, 0.25) is 0 Å². The molecular weight excluding hydrogens is 299 g/mol. The Kier molecular flexibility index (Phi) is 5.28. The van der Waals surface area contributed by atoms with Gasteiger partial charge in [-0.25, -0.2) is 4.39 Å². The maximum Gasteiger partial charge on any atom is 0.256 e. The molecule has 0 bridgehead atoms. The van der Waals surface area contributed by atoms with E-state index in [1.807, 2.05) is 0 Å². The number of aromatic amines is 1. The number of aromatic nitrogens is 1. The summed E-state index contributed by atoms with van der Waals surface area (Å²) in [5, 5.41) is 2.74. The van der Waals surface area contributed by atoms with Crippen molar-refractivity contribution in [3.8, 4) is 0 Å². The minimum atomic E-state index is -1.41. The van der Waals surface area contributed by atoms with Gasteiger partial charge in [-0.3, -0.25) is 9.59 Å². The van der Waals surface area contributed by atoms with Gasteiger partial charge in [-0.15, -0.1) is 0 Å². The lowest BCUT2D eigenvalue weighted by molar-refractivity contribution is -0.142. The minimum absolute atomic E-state index is 0.177. The zero-order chi connectivity index (χ0) is 16.9. The van der Waals surface area contributed by atoms with Gasteiger partial charge < -0.3 is 15.0 Å². The second-order valence-electron chi connectivity index (χ2n) is 5.28. The molecule has 6 heteroatoms. The van der Waals surface area contributed by atoms with E-state index in [2.05, 4.69) is 10.3 Å². The van der Waals surface area contributed by atoms with Gasteiger partial charge in [0, 0.05) is 31.5 Å². The second-order valence-corrected chi connectivity index (χ2v) is 5.28. The predicted octanol–water partition coefficient (Wildman–Crippen LogP) is 1.73. The van der Waals surface area contributed by atoms with Gasteiger partial charge in [-0.05, 0) is 25.0 Å². The Labute approximate surface area is 133 Å². The highest BCUT2D eigenvalue weighted by molar-refractivity contribution is 5.86. The topological polar surface area (TPSA) is 71.2 Å². The Hall–Kier alpha value is -2.47. The molecule has 1 atom stereocenters. The van der Waals surface area contributed by atoms with Gasteiger partial charge in [-0.2, -0.15) is 0 Å². The Morgan fingerprint density at radius 2 is 2.04 bits per heavy atom. The fourth-order valence-electron chi connectivity index (χ4n) is 2.26. The number of hydrogen-bond acceptors (Lipinski definition) is 3. The van der Waals surface area contributed by atoms with Crippen LogP contribution in [-0.2, 0) is 21.6 Å². The van der Waals surface area contributed by atoms with E-state index >= 15 is 0 Å². The van der Waals surface area contributed by atoms with Crippen molar-refractivity contribution in [2.24, 2.45) is 0 Å². The van der Waals surface area contributed by atoms with Gasteiger partial charge in [0.15, 0.2) is 5.60 Å². The lowest BCUT2D eigenvalue weighted by atomic mass is 9.94. The van der Waals surface area contributed by atoms with Crippen LogP contribution in [0.15, 0.2) is 47.4 Å². The SMILES string of the molecule is CO[C@@](C)(C(=O)NCCc1ccc(=O)[nH]c1)c1ccccc1F. The van der Waals surface area contributed by atoms with Crippen molar-refractivity contribution in [1.82, 2.24) is 10.3 Å². The zero-order valence-electron chi connectivity index (χ0n) is 13.1. The molecule has 0 aliphatic rings. The summed E-state index contributed by atoms with van der Waals surface area (Å²) in [4.78, 5) is 26.0. The first-order valence-electron chi connectivity index (χ1n) is 7.23. The molecule has 2 aromatic rings. The monoisotopic (exact) mass is 318 g/mol. The van der Waals surface area contributed by atoms with Crippen LogP contribution in [0, 0.1) is 5.82 Å². The number of H-pyrrole nitrogens is 1. The van der Waals surface area contributed by atoms with Gasteiger partial charge >= 0.3 is 0 Å². The van der Waals surface area contributed by atoms with Gasteiger partial charge in [-0.1, -0.05) is 24.3 Å². The summed E-state index contributed by atoms with van der Waals surface area (Å²) in [6.07, 6.45) is 2.14. The molecule has 23 heavy (non-hydrogen) atoms. The molecule has 2 N–H and O–H groups in total. The van der Waals surface area contributed by atoms with Crippen LogP contribution in [0.4, 0.5) is 4.39 Å². The van der Waals surface area contributed by atoms with Crippen molar-refractivity contribution >= 4 is 5.91 Å². The molecule has 1 aromatic heterocycles. The van der Waals surface area contributed by atoms with E-state index in [-0.39, 0.29) is 11.1 Å². The Balaban J connectivity index is 2.04. The number of methoxy groups -OCH3 is 1. The van der Waals surface area contributed by atoms with E-state index in [0.29, 0.717) is 13.0 Å². The first-order chi connectivity index (χ1) is 11.0. The van der Waals surface area contributed by atoms with Crippen LogP contribution in [-0.4, -0.2) is 24.5 Å². The van der Waals surface area contributed by atoms with Gasteiger partial charge in [0.2, 0.25) is 5.56 Å². The number of benzene rings is 1. The molecule has 0 saturated heterocycles. The number of carbonyl (C=O) groups is 1. The highest BCUT2D eigenvalue weighted by Gasteiger charge is 2.37. The molecule has 0 aliphatic heterocycles. The maximum atomic E-state index is 14.0. The predicted molar refractivity (Wildman–Crippen MR) is 84.5 cm³/mol. The van der Waals surface area contributed by atoms with Crippen LogP contribution < -0.4 is 10.9 Å². The van der Waals surface area contributed by atoms with Crippen LogP contribution in [0.3, 0.4) is 0 Å². The molecule has 0 spiro atoms. The maximum absolute atomic E-state index is 14.0. The van der Waals surface area contributed by atoms with Crippen LogP contribution in [0.1, 0.15) is 18.1 Å². The number of halogens is 1. The zero-order valence-corrected chi connectivity index (χ0v) is 13.1. The standard InChI is InChI=1S/C17H19FN2O3/c1-17(23-2,13-5-3-4-6-14(13)18)16(22)19-10-9-12-7-8-15(21)20-11-12/h3-8,11H,9-10H2,1-2H3,(H,19,22)(H,20,21)/t17-/m1/s1. The summed E-state index contributed by atoms with van der Waals surface area (Å²) >= 11 is 0. The quantitative estimate of drug-likeness (QED) is 0.852. The Morgan fingerprint density at radius 3 is 2.65 bits per heavy atom. The fourth-order valence-corrected chi connectivity index (χ4v) is 2.26. The van der Waals surface area contributed by atoms with Crippen molar-refractivity contribution in [2.75, 3.05) is 13.7 Å². The number of hydrogen-bond donors (Lipinski definition) is 2. The Bertz CT molecular complexity index is 724. The smallest absolute Gasteiger partial charge is 0.256 e. The molecule has 122 valence electrons. The van der Waals surface area contributed by atoms with E-state index in [9.17, 15) is 14.0 Å². The fraction of sp³-hybridized carbons (Fsp3) is 0.294. The van der Waals surface area contributed by atoms with E-state index in [1.165, 1.54) is 32.2 Å². The largest absolute Gasteiger partial charge is 0.364 e. The molecule has 0 aliphatic carbocycles. The number of carbonyl (C=O) groups excluding carboxylic acids is 1. The van der Waals surface area contributed by atoms with Crippen molar-refractivity contribution in [3.05, 3.63) is 69.9 Å². The average Bonchev–Trinajstić information content (AvgIpc) is 2.56. The summed E-state index contributed by atoms with van der Waals surface area (Å²) in [5.74, 6) is -0.915. The second kappa shape index (κ2) is 7.19. The molecule has 1 amide bonds. The lowest BCUT2D eigenvalue weighted by Crippen LogP contribution is -2.44. The molecule has 0 saturated carbocycles. The van der Waals surface area contributed by atoms with Gasteiger partial charge in [0.1, 0.15) is 5.82 Å². The number of ether oxygens (including phenoxy) is 1. The summed E-state index contributed by atoms with van der Waals surface area (Å²) in [5.41, 5.74) is -0.515. The molecule has 0 radical (unpaired) electrons. The normalized spacial score (nSPS) is 13.3. The molecule has 1 aromatic carbocycles. The highest BCUT2D eigenvalue weighted by atomic mass is 19.1. The van der Waals surface area contributed by atoms with Crippen molar-refractivity contribution in [2.45, 2.75) is 18.9 Å². The summed E-state index contributed by atoms with van der Waals surface area (Å²) in [7, 11) is 1.37. The van der Waals surface area contributed by atoms with E-state index in [4.69, 9.17) is 4.74 Å². The number of pyridine rings is 1. The van der Waals surface area contributed by atoms with E-state index in [1.54, 1.807) is 24.4 Å². The van der Waals surface area contributed by atoms with E-state index in [0.717, 1.165) is 5.56 Å². The van der Waals surface area contributed by atoms with E-state index < -0.39 is 17.3 Å². The number of nitrogens with one attached hydrogen (secondary N) is 2. The molecular formula is C17H19FN2O3. The minimum Gasteiger partial charge on any atom is -0.364 e. The van der Waals surface area contributed by atoms with Crippen LogP contribution in [0.25, 0.3) is 0 Å². The summed E-state index contributed by atoms with van der Waals surface area (Å²) in [6.45, 7) is 1.87.